The molecule has 0 atom stereocenters. The number of carbonyl (C=O) groups excluding carboxylic acids is 2. The molecule has 0 saturated carbocycles. The lowest BCUT2D eigenvalue weighted by Gasteiger charge is -2.10. The summed E-state index contributed by atoms with van der Waals surface area (Å²) in [5.41, 5.74) is 0.840. The fourth-order valence-electron chi connectivity index (χ4n) is 1.87. The van der Waals surface area contributed by atoms with E-state index in [-0.39, 0.29) is 12.2 Å². The van der Waals surface area contributed by atoms with E-state index in [0.29, 0.717) is 16.9 Å². The molecular formula is C16H13O4S-. The van der Waals surface area contributed by atoms with Gasteiger partial charge in [-0.25, -0.2) is 0 Å². The molecule has 2 rings (SSSR count). The third-order valence-corrected chi connectivity index (χ3v) is 3.68. The number of benzene rings is 1. The van der Waals surface area contributed by atoms with E-state index in [1.807, 2.05) is 17.5 Å². The van der Waals surface area contributed by atoms with Crippen molar-refractivity contribution in [2.75, 3.05) is 7.11 Å². The number of carboxylic acid groups (broad SMARTS) is 1. The molecule has 4 nitrogen and oxygen atoms in total. The number of thiophene rings is 1. The van der Waals surface area contributed by atoms with Crippen molar-refractivity contribution in [1.82, 2.24) is 0 Å². The third kappa shape index (κ3) is 4.03. The molecule has 5 heteroatoms. The van der Waals surface area contributed by atoms with Crippen LogP contribution < -0.4 is 9.84 Å². The number of allylic oxidation sites excluding steroid dienone is 1. The van der Waals surface area contributed by atoms with Crippen molar-refractivity contribution < 1.29 is 19.4 Å². The second kappa shape index (κ2) is 6.85. The normalized spacial score (nSPS) is 10.7. The zero-order valence-electron chi connectivity index (χ0n) is 11.4. The molecular weight excluding hydrogens is 288 g/mol. The molecule has 1 heterocycles. The Morgan fingerprint density at radius 3 is 2.76 bits per heavy atom. The van der Waals surface area contributed by atoms with Crippen molar-refractivity contribution >= 4 is 29.2 Å². The number of aliphatic carboxylic acids is 1. The van der Waals surface area contributed by atoms with Crippen molar-refractivity contribution in [2.45, 2.75) is 6.42 Å². The van der Waals surface area contributed by atoms with Gasteiger partial charge in [0.15, 0.2) is 5.78 Å². The van der Waals surface area contributed by atoms with Gasteiger partial charge in [-0.2, -0.15) is 0 Å². The summed E-state index contributed by atoms with van der Waals surface area (Å²) in [6.45, 7) is 0. The first-order valence-corrected chi connectivity index (χ1v) is 7.11. The molecule has 0 unspecified atom stereocenters. The summed E-state index contributed by atoms with van der Waals surface area (Å²) >= 11 is 1.53. The lowest BCUT2D eigenvalue weighted by Crippen LogP contribution is -2.24. The summed E-state index contributed by atoms with van der Waals surface area (Å²) in [5, 5.41) is 12.7. The zero-order chi connectivity index (χ0) is 15.2. The molecule has 21 heavy (non-hydrogen) atoms. The summed E-state index contributed by atoms with van der Waals surface area (Å²) in [4.78, 5) is 23.8. The minimum atomic E-state index is -1.22. The van der Waals surface area contributed by atoms with Crippen LogP contribution in [0.25, 0.3) is 6.08 Å². The monoisotopic (exact) mass is 301 g/mol. The Hall–Kier alpha value is -2.40. The van der Waals surface area contributed by atoms with Crippen LogP contribution in [-0.2, 0) is 11.2 Å². The molecule has 0 bridgehead atoms. The Labute approximate surface area is 126 Å². The van der Waals surface area contributed by atoms with E-state index in [9.17, 15) is 14.7 Å². The number of carbonyl (C=O) groups is 2. The lowest BCUT2D eigenvalue weighted by atomic mass is 10.0. The largest absolute Gasteiger partial charge is 0.550 e. The fraction of sp³-hybridized carbons (Fsp3) is 0.125. The molecule has 0 spiro atoms. The first-order chi connectivity index (χ1) is 10.1. The maximum atomic E-state index is 12.1. The van der Waals surface area contributed by atoms with Gasteiger partial charge in [0.1, 0.15) is 5.75 Å². The van der Waals surface area contributed by atoms with Crippen LogP contribution in [0.2, 0.25) is 0 Å². The summed E-state index contributed by atoms with van der Waals surface area (Å²) in [7, 11) is 1.45. The summed E-state index contributed by atoms with van der Waals surface area (Å²) in [6, 6.07) is 8.53. The second-order valence-electron chi connectivity index (χ2n) is 4.29. The van der Waals surface area contributed by atoms with E-state index < -0.39 is 5.97 Å². The van der Waals surface area contributed by atoms with Gasteiger partial charge in [0.05, 0.1) is 7.11 Å². The van der Waals surface area contributed by atoms with Gasteiger partial charge in [-0.1, -0.05) is 6.07 Å². The average molecular weight is 301 g/mol. The molecule has 0 N–H and O–H groups in total. The Morgan fingerprint density at radius 1 is 1.33 bits per heavy atom. The van der Waals surface area contributed by atoms with Gasteiger partial charge in [0.2, 0.25) is 0 Å². The number of ether oxygens (including phenoxy) is 1. The highest BCUT2D eigenvalue weighted by molar-refractivity contribution is 7.10. The van der Waals surface area contributed by atoms with Crippen LogP contribution in [0.3, 0.4) is 0 Å². The van der Waals surface area contributed by atoms with Crippen molar-refractivity contribution in [3.63, 3.8) is 0 Å². The number of hydrogen-bond acceptors (Lipinski definition) is 5. The van der Waals surface area contributed by atoms with Crippen LogP contribution >= 0.6 is 11.3 Å². The molecule has 0 radical (unpaired) electrons. The van der Waals surface area contributed by atoms with Crippen LogP contribution in [0.4, 0.5) is 0 Å². The van der Waals surface area contributed by atoms with Gasteiger partial charge >= 0.3 is 0 Å². The first-order valence-electron chi connectivity index (χ1n) is 6.23. The Kier molecular flexibility index (Phi) is 4.90. The molecule has 1 aromatic heterocycles. The first kappa shape index (κ1) is 15.0. The molecule has 108 valence electrons. The molecule has 1 aromatic carbocycles. The maximum Gasteiger partial charge on any atom is 0.185 e. The number of methoxy groups -OCH3 is 1. The van der Waals surface area contributed by atoms with E-state index >= 15 is 0 Å². The van der Waals surface area contributed by atoms with E-state index in [1.54, 1.807) is 18.2 Å². The molecule has 0 aliphatic heterocycles. The van der Waals surface area contributed by atoms with Gasteiger partial charge in [-0.05, 0) is 41.8 Å². The molecule has 0 aliphatic rings. The van der Waals surface area contributed by atoms with Gasteiger partial charge in [-0.3, -0.25) is 4.79 Å². The van der Waals surface area contributed by atoms with Crippen molar-refractivity contribution in [3.05, 3.63) is 57.8 Å². The van der Waals surface area contributed by atoms with E-state index in [4.69, 9.17) is 4.74 Å². The highest BCUT2D eigenvalue weighted by Gasteiger charge is 2.08. The number of ketones is 1. The smallest absolute Gasteiger partial charge is 0.185 e. The summed E-state index contributed by atoms with van der Waals surface area (Å²) < 4.78 is 5.08. The third-order valence-electron chi connectivity index (χ3n) is 2.84. The van der Waals surface area contributed by atoms with Gasteiger partial charge < -0.3 is 14.6 Å². The highest BCUT2D eigenvalue weighted by atomic mass is 32.1. The SMILES string of the molecule is COc1ccc(C(=O)/C=C/c2cccs2)cc1CC(=O)[O-]. The standard InChI is InChI=1S/C16H14O4S/c1-20-15-7-4-11(9-12(15)10-16(18)19)14(17)6-5-13-3-2-8-21-13/h2-9H,10H2,1H3,(H,18,19)/p-1/b6-5+. The Morgan fingerprint density at radius 2 is 2.14 bits per heavy atom. The maximum absolute atomic E-state index is 12.1. The molecule has 0 amide bonds. The minimum Gasteiger partial charge on any atom is -0.550 e. The Balaban J connectivity index is 2.23. The quantitative estimate of drug-likeness (QED) is 0.604. The molecule has 0 saturated heterocycles. The van der Waals surface area contributed by atoms with Crippen molar-refractivity contribution in [3.8, 4) is 5.75 Å². The summed E-state index contributed by atoms with van der Waals surface area (Å²) in [6.07, 6.45) is 2.91. The van der Waals surface area contributed by atoms with Crippen LogP contribution in [0.15, 0.2) is 41.8 Å². The van der Waals surface area contributed by atoms with Crippen LogP contribution in [0.5, 0.6) is 5.75 Å². The number of carboxylic acids is 1. The summed E-state index contributed by atoms with van der Waals surface area (Å²) in [5.74, 6) is -0.976. The predicted octanol–water partition coefficient (Wildman–Crippen LogP) is 1.95. The van der Waals surface area contributed by atoms with Gasteiger partial charge in [0, 0.05) is 28.4 Å². The zero-order valence-corrected chi connectivity index (χ0v) is 12.2. The van der Waals surface area contributed by atoms with Crippen LogP contribution in [0.1, 0.15) is 20.8 Å². The number of hydrogen-bond donors (Lipinski definition) is 0. The Bertz CT molecular complexity index is 672. The molecule has 0 fully saturated rings. The van der Waals surface area contributed by atoms with Gasteiger partial charge in [-0.15, -0.1) is 11.3 Å². The average Bonchev–Trinajstić information content (AvgIpc) is 2.97. The van der Waals surface area contributed by atoms with Crippen LogP contribution in [-0.4, -0.2) is 18.9 Å². The van der Waals surface area contributed by atoms with Crippen molar-refractivity contribution in [2.24, 2.45) is 0 Å². The van der Waals surface area contributed by atoms with E-state index in [0.717, 1.165) is 4.88 Å². The predicted molar refractivity (Wildman–Crippen MR) is 79.4 cm³/mol. The minimum absolute atomic E-state index is 0.189. The second-order valence-corrected chi connectivity index (χ2v) is 5.27. The van der Waals surface area contributed by atoms with E-state index in [1.165, 1.54) is 30.6 Å². The topological polar surface area (TPSA) is 66.4 Å². The highest BCUT2D eigenvalue weighted by Crippen LogP contribution is 2.21. The molecule has 0 aliphatic carbocycles. The lowest BCUT2D eigenvalue weighted by molar-refractivity contribution is -0.304. The van der Waals surface area contributed by atoms with Gasteiger partial charge in [0.25, 0.3) is 0 Å². The molecule has 2 aromatic rings. The van der Waals surface area contributed by atoms with Crippen molar-refractivity contribution in [1.29, 1.82) is 0 Å². The number of rotatable bonds is 6. The fourth-order valence-corrected chi connectivity index (χ4v) is 2.48. The van der Waals surface area contributed by atoms with Crippen LogP contribution in [0, 0.1) is 0 Å². The van der Waals surface area contributed by atoms with E-state index in [2.05, 4.69) is 0 Å².